The number of rotatable bonds is 7. The zero-order valence-corrected chi connectivity index (χ0v) is 14.0. The summed E-state index contributed by atoms with van der Waals surface area (Å²) in [7, 11) is 0. The lowest BCUT2D eigenvalue weighted by Gasteiger charge is -2.39. The van der Waals surface area contributed by atoms with Gasteiger partial charge in [-0.15, -0.1) is 0 Å². The maximum absolute atomic E-state index is 12.2. The highest BCUT2D eigenvalue weighted by molar-refractivity contribution is 9.09. The van der Waals surface area contributed by atoms with E-state index in [1.807, 2.05) is 0 Å². The van der Waals surface area contributed by atoms with Crippen LogP contribution >= 0.6 is 27.7 Å². The fourth-order valence-corrected chi connectivity index (χ4v) is 4.51. The molecule has 5 heteroatoms. The average molecular weight is 361 g/mol. The molecule has 0 aliphatic heterocycles. The second-order valence-electron chi connectivity index (χ2n) is 5.76. The number of hydrogen-bond donors (Lipinski definition) is 0. The average Bonchev–Trinajstić information content (AvgIpc) is 2.36. The highest BCUT2D eigenvalue weighted by atomic mass is 79.9. The molecule has 0 nitrogen and oxygen atoms in total. The van der Waals surface area contributed by atoms with Gasteiger partial charge in [-0.2, -0.15) is 13.2 Å². The van der Waals surface area contributed by atoms with Crippen molar-refractivity contribution in [2.24, 2.45) is 11.3 Å². The van der Waals surface area contributed by atoms with E-state index in [9.17, 15) is 13.2 Å². The minimum atomic E-state index is -4.08. The van der Waals surface area contributed by atoms with Crippen molar-refractivity contribution in [3.63, 3.8) is 0 Å². The summed E-state index contributed by atoms with van der Waals surface area (Å²) < 4.78 is 36.6. The van der Waals surface area contributed by atoms with Crippen molar-refractivity contribution in [2.75, 3.05) is 11.1 Å². The molecule has 0 aromatic carbocycles. The molecule has 0 N–H and O–H groups in total. The zero-order valence-electron chi connectivity index (χ0n) is 11.6. The summed E-state index contributed by atoms with van der Waals surface area (Å²) in [5.74, 6) is 1.01. The van der Waals surface area contributed by atoms with E-state index >= 15 is 0 Å². The van der Waals surface area contributed by atoms with Crippen LogP contribution in [0.1, 0.15) is 58.3 Å². The van der Waals surface area contributed by atoms with Crippen LogP contribution in [0.2, 0.25) is 0 Å². The molecule has 0 amide bonds. The Hall–Kier alpha value is 0.620. The Balaban J connectivity index is 2.33. The molecule has 114 valence electrons. The van der Waals surface area contributed by atoms with Gasteiger partial charge >= 0.3 is 5.51 Å². The summed E-state index contributed by atoms with van der Waals surface area (Å²) in [6.07, 6.45) is 9.08. The Morgan fingerprint density at radius 3 is 2.37 bits per heavy atom. The van der Waals surface area contributed by atoms with E-state index in [1.54, 1.807) is 0 Å². The fraction of sp³-hybridized carbons (Fsp3) is 1.00. The van der Waals surface area contributed by atoms with Crippen LogP contribution in [-0.2, 0) is 0 Å². The second kappa shape index (κ2) is 8.16. The van der Waals surface area contributed by atoms with Crippen molar-refractivity contribution >= 4 is 27.7 Å². The second-order valence-corrected chi connectivity index (χ2v) is 7.48. The van der Waals surface area contributed by atoms with E-state index in [0.29, 0.717) is 6.42 Å². The zero-order chi connectivity index (χ0) is 14.4. The van der Waals surface area contributed by atoms with Crippen LogP contribution in [0.4, 0.5) is 13.2 Å². The Kier molecular flexibility index (Phi) is 7.59. The summed E-state index contributed by atoms with van der Waals surface area (Å²) in [4.78, 5) is 0. The standard InChI is InChI=1S/C14H24BrF3S/c1-2-3-4-12-5-7-13(11-15,8-6-12)9-10-19-14(16,17)18/h12H,2-11H2,1H3. The first kappa shape index (κ1) is 17.7. The first-order chi connectivity index (χ1) is 8.91. The minimum absolute atomic E-state index is 0.112. The summed E-state index contributed by atoms with van der Waals surface area (Å²) in [5, 5.41) is 0.846. The maximum Gasteiger partial charge on any atom is 0.441 e. The third-order valence-corrected chi connectivity index (χ3v) is 6.24. The molecule has 0 saturated heterocycles. The van der Waals surface area contributed by atoms with Gasteiger partial charge in [0.1, 0.15) is 0 Å². The number of alkyl halides is 4. The van der Waals surface area contributed by atoms with Gasteiger partial charge in [0, 0.05) is 11.1 Å². The van der Waals surface area contributed by atoms with Crippen molar-refractivity contribution in [3.05, 3.63) is 0 Å². The summed E-state index contributed by atoms with van der Waals surface area (Å²) in [5.41, 5.74) is -3.97. The molecule has 19 heavy (non-hydrogen) atoms. The molecule has 0 unspecified atom stereocenters. The quantitative estimate of drug-likeness (QED) is 0.473. The van der Waals surface area contributed by atoms with Crippen molar-refractivity contribution in [1.82, 2.24) is 0 Å². The van der Waals surface area contributed by atoms with Crippen LogP contribution in [0, 0.1) is 11.3 Å². The summed E-state index contributed by atoms with van der Waals surface area (Å²) in [6, 6.07) is 0. The molecule has 0 bridgehead atoms. The minimum Gasteiger partial charge on any atom is -0.160 e. The maximum atomic E-state index is 12.2. The van der Waals surface area contributed by atoms with Crippen LogP contribution in [0.5, 0.6) is 0 Å². The van der Waals surface area contributed by atoms with Gasteiger partial charge in [0.05, 0.1) is 0 Å². The van der Waals surface area contributed by atoms with Gasteiger partial charge in [0.25, 0.3) is 0 Å². The Labute approximate surface area is 127 Å². The van der Waals surface area contributed by atoms with E-state index in [2.05, 4.69) is 22.9 Å². The predicted octanol–water partition coefficient (Wildman–Crippen LogP) is 6.39. The monoisotopic (exact) mass is 360 g/mol. The van der Waals surface area contributed by atoms with E-state index in [4.69, 9.17) is 0 Å². The predicted molar refractivity (Wildman–Crippen MR) is 80.8 cm³/mol. The normalized spacial score (nSPS) is 28.6. The third-order valence-electron chi connectivity index (χ3n) is 4.31. The number of thioether (sulfide) groups is 1. The van der Waals surface area contributed by atoms with E-state index in [-0.39, 0.29) is 22.9 Å². The molecular weight excluding hydrogens is 337 g/mol. The first-order valence-corrected chi connectivity index (χ1v) is 9.28. The molecule has 0 aromatic heterocycles. The van der Waals surface area contributed by atoms with Gasteiger partial charge in [-0.05, 0) is 43.4 Å². The van der Waals surface area contributed by atoms with Crippen molar-refractivity contribution in [1.29, 1.82) is 0 Å². The number of unbranched alkanes of at least 4 members (excludes halogenated alkanes) is 1. The third kappa shape index (κ3) is 6.74. The largest absolute Gasteiger partial charge is 0.441 e. The van der Waals surface area contributed by atoms with Gasteiger partial charge in [0.15, 0.2) is 0 Å². The van der Waals surface area contributed by atoms with Gasteiger partial charge in [-0.1, -0.05) is 53.9 Å². The molecule has 0 aromatic rings. The van der Waals surface area contributed by atoms with Crippen molar-refractivity contribution in [3.8, 4) is 0 Å². The molecule has 0 spiro atoms. The van der Waals surface area contributed by atoms with Crippen LogP contribution < -0.4 is 0 Å². The molecule has 0 atom stereocenters. The molecular formula is C14H24BrF3S. The smallest absolute Gasteiger partial charge is 0.160 e. The van der Waals surface area contributed by atoms with Crippen LogP contribution in [0.15, 0.2) is 0 Å². The van der Waals surface area contributed by atoms with Crippen LogP contribution in [0.3, 0.4) is 0 Å². The molecule has 0 heterocycles. The molecule has 1 aliphatic carbocycles. The molecule has 1 rings (SSSR count). The van der Waals surface area contributed by atoms with Gasteiger partial charge < -0.3 is 0 Å². The van der Waals surface area contributed by atoms with Crippen molar-refractivity contribution < 1.29 is 13.2 Å². The Bertz CT molecular complexity index is 248. The van der Waals surface area contributed by atoms with Crippen LogP contribution in [0.25, 0.3) is 0 Å². The Morgan fingerprint density at radius 2 is 1.89 bits per heavy atom. The topological polar surface area (TPSA) is 0 Å². The molecule has 0 radical (unpaired) electrons. The van der Waals surface area contributed by atoms with E-state index < -0.39 is 5.51 Å². The highest BCUT2D eigenvalue weighted by Crippen LogP contribution is 2.45. The summed E-state index contributed by atoms with van der Waals surface area (Å²) in [6.45, 7) is 2.21. The van der Waals surface area contributed by atoms with Gasteiger partial charge in [0.2, 0.25) is 0 Å². The molecule has 1 saturated carbocycles. The SMILES string of the molecule is CCCCC1CCC(CBr)(CCSC(F)(F)F)CC1. The first-order valence-electron chi connectivity index (χ1n) is 7.17. The lowest BCUT2D eigenvalue weighted by molar-refractivity contribution is -0.0329. The van der Waals surface area contributed by atoms with Gasteiger partial charge in [-0.3, -0.25) is 0 Å². The van der Waals surface area contributed by atoms with Gasteiger partial charge in [-0.25, -0.2) is 0 Å². The number of hydrogen-bond acceptors (Lipinski definition) is 1. The van der Waals surface area contributed by atoms with E-state index in [0.717, 1.165) is 24.1 Å². The molecule has 1 aliphatic rings. The lowest BCUT2D eigenvalue weighted by Crippen LogP contribution is -2.30. The van der Waals surface area contributed by atoms with E-state index in [1.165, 1.54) is 32.1 Å². The lowest BCUT2D eigenvalue weighted by atomic mass is 9.69. The summed E-state index contributed by atoms with van der Waals surface area (Å²) >= 11 is 3.67. The number of halogens is 4. The van der Waals surface area contributed by atoms with Crippen LogP contribution in [-0.4, -0.2) is 16.6 Å². The fourth-order valence-electron chi connectivity index (χ4n) is 2.91. The van der Waals surface area contributed by atoms with Crippen molar-refractivity contribution in [2.45, 2.75) is 63.8 Å². The molecule has 1 fully saturated rings. The Morgan fingerprint density at radius 1 is 1.26 bits per heavy atom. The highest BCUT2D eigenvalue weighted by Gasteiger charge is 2.36.